The molecule has 0 saturated carbocycles. The van der Waals surface area contributed by atoms with Gasteiger partial charge in [-0.25, -0.2) is 4.98 Å². The van der Waals surface area contributed by atoms with Crippen LogP contribution in [0, 0.1) is 0 Å². The lowest BCUT2D eigenvalue weighted by molar-refractivity contribution is -0.137. The maximum absolute atomic E-state index is 12.6. The number of carbonyl (C=O) groups excluding carboxylic acids is 1. The molecule has 0 spiro atoms. The smallest absolute Gasteiger partial charge is 0.417 e. The number of benzene rings is 1. The summed E-state index contributed by atoms with van der Waals surface area (Å²) in [5.41, 5.74) is -0.956. The Balaban J connectivity index is 2.00. The van der Waals surface area contributed by atoms with E-state index >= 15 is 0 Å². The Morgan fingerprint density at radius 1 is 1.21 bits per heavy atom. The fraction of sp³-hybridized carbons (Fsp3) is 0.368. The normalized spacial score (nSPS) is 13.7. The number of hydrogen-bond donors (Lipinski definition) is 0. The van der Waals surface area contributed by atoms with Gasteiger partial charge < -0.3 is 9.47 Å². The molecular formula is C19H19ClF3NO3S. The molecule has 0 radical (unpaired) electrons. The molecule has 0 amide bonds. The average Bonchev–Trinajstić information content (AvgIpc) is 2.63. The second-order valence-corrected chi connectivity index (χ2v) is 7.85. The van der Waals surface area contributed by atoms with Crippen LogP contribution in [-0.4, -0.2) is 21.5 Å². The van der Waals surface area contributed by atoms with E-state index in [1.54, 1.807) is 31.2 Å². The number of thioether (sulfide) groups is 1. The molecule has 152 valence electrons. The molecule has 2 atom stereocenters. The molecule has 2 aromatic rings. The number of alkyl halides is 3. The molecule has 4 nitrogen and oxygen atoms in total. The molecule has 0 N–H and O–H groups in total. The summed E-state index contributed by atoms with van der Waals surface area (Å²) in [7, 11) is 0. The van der Waals surface area contributed by atoms with Crippen molar-refractivity contribution < 1.29 is 27.4 Å². The Bertz CT molecular complexity index is 815. The summed E-state index contributed by atoms with van der Waals surface area (Å²) >= 11 is 7.07. The van der Waals surface area contributed by atoms with Crippen LogP contribution >= 0.6 is 23.4 Å². The molecular weight excluding hydrogens is 415 g/mol. The van der Waals surface area contributed by atoms with Crippen LogP contribution < -0.4 is 9.47 Å². The molecule has 9 heteroatoms. The van der Waals surface area contributed by atoms with Gasteiger partial charge in [-0.3, -0.25) is 4.79 Å². The zero-order valence-corrected chi connectivity index (χ0v) is 17.0. The minimum Gasteiger partial charge on any atom is -0.482 e. The summed E-state index contributed by atoms with van der Waals surface area (Å²) in [5.74, 6) is 0.635. The van der Waals surface area contributed by atoms with E-state index in [9.17, 15) is 18.0 Å². The van der Waals surface area contributed by atoms with E-state index in [-0.39, 0.29) is 21.3 Å². The number of rotatable bonds is 7. The summed E-state index contributed by atoms with van der Waals surface area (Å²) in [6.45, 7) is 5.66. The SMILES string of the molecule is CCC(C)SC(=O)C(C)Oc1ccc(Oc2ncc(C(F)(F)F)cc2Cl)cc1. The van der Waals surface area contributed by atoms with Gasteiger partial charge in [0.1, 0.15) is 16.5 Å². The van der Waals surface area contributed by atoms with Gasteiger partial charge >= 0.3 is 6.18 Å². The van der Waals surface area contributed by atoms with Gasteiger partial charge in [-0.15, -0.1) is 0 Å². The summed E-state index contributed by atoms with van der Waals surface area (Å²) < 4.78 is 49.0. The third-order valence-corrected chi connectivity index (χ3v) is 5.28. The van der Waals surface area contributed by atoms with Crippen molar-refractivity contribution in [2.75, 3.05) is 0 Å². The lowest BCUT2D eigenvalue weighted by Crippen LogP contribution is -2.22. The molecule has 0 saturated heterocycles. The van der Waals surface area contributed by atoms with Gasteiger partial charge in [0.2, 0.25) is 11.0 Å². The number of pyridine rings is 1. The van der Waals surface area contributed by atoms with Gasteiger partial charge in [-0.05, 0) is 43.7 Å². The van der Waals surface area contributed by atoms with Crippen molar-refractivity contribution in [3.63, 3.8) is 0 Å². The minimum absolute atomic E-state index is 0.0598. The van der Waals surface area contributed by atoms with Crippen LogP contribution in [0.4, 0.5) is 13.2 Å². The van der Waals surface area contributed by atoms with Gasteiger partial charge in [-0.2, -0.15) is 13.2 Å². The van der Waals surface area contributed by atoms with Crippen LogP contribution in [-0.2, 0) is 11.0 Å². The highest BCUT2D eigenvalue weighted by Crippen LogP contribution is 2.35. The highest BCUT2D eigenvalue weighted by Gasteiger charge is 2.31. The van der Waals surface area contributed by atoms with Crippen LogP contribution in [0.1, 0.15) is 32.8 Å². The van der Waals surface area contributed by atoms with E-state index in [2.05, 4.69) is 4.98 Å². The summed E-state index contributed by atoms with van der Waals surface area (Å²) in [4.78, 5) is 15.7. The first kappa shape index (κ1) is 22.4. The predicted octanol–water partition coefficient (Wildman–Crippen LogP) is 6.37. The van der Waals surface area contributed by atoms with E-state index in [0.717, 1.165) is 12.5 Å². The Kier molecular flexibility index (Phi) is 7.60. The van der Waals surface area contributed by atoms with Gasteiger partial charge in [0.05, 0.1) is 5.56 Å². The maximum atomic E-state index is 12.6. The fourth-order valence-corrected chi connectivity index (χ4v) is 2.99. The molecule has 2 rings (SSSR count). The number of hydrogen-bond acceptors (Lipinski definition) is 5. The topological polar surface area (TPSA) is 48.4 Å². The lowest BCUT2D eigenvalue weighted by Gasteiger charge is -2.15. The average molecular weight is 434 g/mol. The standard InChI is InChI=1S/C19H19ClF3NO3S/c1-4-11(2)28-18(25)12(3)26-14-5-7-15(8-6-14)27-17-16(20)9-13(10-24-17)19(21,22)23/h5-12H,4H2,1-3H3. The van der Waals surface area contributed by atoms with Crippen LogP contribution in [0.25, 0.3) is 0 Å². The van der Waals surface area contributed by atoms with Crippen LogP contribution in [0.2, 0.25) is 5.02 Å². The molecule has 1 aromatic heterocycles. The van der Waals surface area contributed by atoms with Crippen LogP contribution in [0.5, 0.6) is 17.4 Å². The number of halogens is 4. The molecule has 28 heavy (non-hydrogen) atoms. The number of ether oxygens (including phenoxy) is 2. The molecule has 0 aliphatic rings. The van der Waals surface area contributed by atoms with Gasteiger partial charge in [0.25, 0.3) is 0 Å². The first-order chi connectivity index (χ1) is 13.1. The number of aromatic nitrogens is 1. The lowest BCUT2D eigenvalue weighted by atomic mass is 10.3. The first-order valence-electron chi connectivity index (χ1n) is 8.48. The van der Waals surface area contributed by atoms with Crippen molar-refractivity contribution in [3.8, 4) is 17.4 Å². The third kappa shape index (κ3) is 6.31. The second kappa shape index (κ2) is 9.52. The zero-order chi connectivity index (χ0) is 20.9. The third-order valence-electron chi connectivity index (χ3n) is 3.71. The van der Waals surface area contributed by atoms with E-state index < -0.39 is 17.8 Å². The number of carbonyl (C=O) groups is 1. The quantitative estimate of drug-likeness (QED) is 0.507. The van der Waals surface area contributed by atoms with E-state index in [0.29, 0.717) is 17.7 Å². The van der Waals surface area contributed by atoms with Crippen molar-refractivity contribution >= 4 is 28.5 Å². The highest BCUT2D eigenvalue weighted by atomic mass is 35.5. The Morgan fingerprint density at radius 2 is 1.82 bits per heavy atom. The van der Waals surface area contributed by atoms with Crippen molar-refractivity contribution in [1.29, 1.82) is 0 Å². The van der Waals surface area contributed by atoms with Crippen molar-refractivity contribution in [2.24, 2.45) is 0 Å². The number of nitrogens with zero attached hydrogens (tertiary/aromatic N) is 1. The monoisotopic (exact) mass is 433 g/mol. The van der Waals surface area contributed by atoms with Crippen LogP contribution in [0.3, 0.4) is 0 Å². The largest absolute Gasteiger partial charge is 0.482 e. The van der Waals surface area contributed by atoms with Crippen LogP contribution in [0.15, 0.2) is 36.5 Å². The molecule has 0 aliphatic heterocycles. The fourth-order valence-electron chi connectivity index (χ4n) is 1.98. The van der Waals surface area contributed by atoms with Gasteiger partial charge in [-0.1, -0.05) is 37.2 Å². The molecule has 1 aromatic carbocycles. The van der Waals surface area contributed by atoms with E-state index in [1.807, 2.05) is 13.8 Å². The Labute approximate surface area is 170 Å². The Hall–Kier alpha value is -1.93. The second-order valence-electron chi connectivity index (χ2n) is 6.00. The van der Waals surface area contributed by atoms with E-state index in [4.69, 9.17) is 21.1 Å². The summed E-state index contributed by atoms with van der Waals surface area (Å²) in [6, 6.07) is 7.02. The summed E-state index contributed by atoms with van der Waals surface area (Å²) in [5, 5.41) is -0.0952. The van der Waals surface area contributed by atoms with Crippen molar-refractivity contribution in [1.82, 2.24) is 4.98 Å². The molecule has 0 bridgehead atoms. The molecule has 1 heterocycles. The predicted molar refractivity (Wildman–Crippen MR) is 103 cm³/mol. The van der Waals surface area contributed by atoms with E-state index in [1.165, 1.54) is 11.8 Å². The minimum atomic E-state index is -4.53. The Morgan fingerprint density at radius 3 is 2.36 bits per heavy atom. The molecule has 0 fully saturated rings. The van der Waals surface area contributed by atoms with Gasteiger partial charge in [0, 0.05) is 11.4 Å². The first-order valence-corrected chi connectivity index (χ1v) is 9.73. The van der Waals surface area contributed by atoms with Crippen molar-refractivity contribution in [3.05, 3.63) is 47.1 Å². The summed E-state index contributed by atoms with van der Waals surface area (Å²) in [6.07, 6.45) is -3.61. The van der Waals surface area contributed by atoms with Gasteiger partial charge in [0.15, 0.2) is 6.10 Å². The zero-order valence-electron chi connectivity index (χ0n) is 15.4. The molecule has 0 aliphatic carbocycles. The molecule has 2 unspecified atom stereocenters. The van der Waals surface area contributed by atoms with Crippen molar-refractivity contribution in [2.45, 2.75) is 44.7 Å². The highest BCUT2D eigenvalue weighted by molar-refractivity contribution is 8.14. The maximum Gasteiger partial charge on any atom is 0.417 e.